The number of nitrogens with one attached hydrogen (secondary N) is 2. The predicted molar refractivity (Wildman–Crippen MR) is 111 cm³/mol. The van der Waals surface area contributed by atoms with E-state index in [1.54, 1.807) is 24.3 Å². The maximum atomic E-state index is 14.0. The molecule has 5 N–H and O–H groups in total. The third-order valence-electron chi connectivity index (χ3n) is 5.29. The zero-order valence-electron chi connectivity index (χ0n) is 16.4. The van der Waals surface area contributed by atoms with Crippen LogP contribution in [0.5, 0.6) is 5.75 Å². The lowest BCUT2D eigenvalue weighted by atomic mass is 9.92. The van der Waals surface area contributed by atoms with Crippen LogP contribution in [0.1, 0.15) is 33.6 Å². The fourth-order valence-electron chi connectivity index (χ4n) is 3.61. The first kappa shape index (κ1) is 20.4. The summed E-state index contributed by atoms with van der Waals surface area (Å²) >= 11 is 0. The number of carbonyl (C=O) groups excluding carboxylic acids is 2. The van der Waals surface area contributed by atoms with Crippen molar-refractivity contribution in [3.05, 3.63) is 83.1 Å². The van der Waals surface area contributed by atoms with Gasteiger partial charge in [-0.3, -0.25) is 9.59 Å². The highest BCUT2D eigenvalue weighted by Gasteiger charge is 2.42. The highest BCUT2D eigenvalue weighted by atomic mass is 19.1. The molecule has 3 aromatic rings. The number of nitrogens with zero attached hydrogens (tertiary/aromatic N) is 2. The molecule has 0 saturated heterocycles. The van der Waals surface area contributed by atoms with E-state index in [1.807, 2.05) is 0 Å². The Hall–Kier alpha value is -3.85. The number of amides is 2. The highest BCUT2D eigenvalue weighted by molar-refractivity contribution is 6.04. The minimum absolute atomic E-state index is 0.109. The molecule has 2 amide bonds. The molecule has 9 heteroatoms. The average molecular weight is 421 g/mol. The Morgan fingerprint density at radius 1 is 1.16 bits per heavy atom. The zero-order valence-corrected chi connectivity index (χ0v) is 16.4. The molecule has 0 aliphatic heterocycles. The number of aromatic hydroxyl groups is 1. The van der Waals surface area contributed by atoms with Gasteiger partial charge in [-0.15, -0.1) is 0 Å². The molecule has 0 radical (unpaired) electrons. The molecule has 1 aromatic carbocycles. The summed E-state index contributed by atoms with van der Waals surface area (Å²) in [6.45, 7) is 0.171. The number of hydrogen-bond donors (Lipinski definition) is 4. The summed E-state index contributed by atoms with van der Waals surface area (Å²) in [4.78, 5) is 32.9. The summed E-state index contributed by atoms with van der Waals surface area (Å²) in [5, 5.41) is 15.0. The van der Waals surface area contributed by atoms with E-state index in [0.29, 0.717) is 29.5 Å². The summed E-state index contributed by atoms with van der Waals surface area (Å²) < 4.78 is 14.0. The Balaban J connectivity index is 1.38. The molecular weight excluding hydrogens is 401 g/mol. The van der Waals surface area contributed by atoms with Gasteiger partial charge in [0.1, 0.15) is 22.9 Å². The Morgan fingerprint density at radius 2 is 2.00 bits per heavy atom. The van der Waals surface area contributed by atoms with Crippen LogP contribution in [-0.4, -0.2) is 26.9 Å². The maximum Gasteiger partial charge on any atom is 0.279 e. The van der Waals surface area contributed by atoms with Crippen molar-refractivity contribution >= 4 is 17.6 Å². The lowest BCUT2D eigenvalue weighted by molar-refractivity contribution is -0.126. The second-order valence-electron chi connectivity index (χ2n) is 7.30. The van der Waals surface area contributed by atoms with Crippen LogP contribution in [0.2, 0.25) is 0 Å². The van der Waals surface area contributed by atoms with Crippen molar-refractivity contribution in [2.45, 2.75) is 24.9 Å². The van der Waals surface area contributed by atoms with E-state index < -0.39 is 11.4 Å². The van der Waals surface area contributed by atoms with E-state index in [0.717, 1.165) is 0 Å². The molecule has 0 saturated carbocycles. The van der Waals surface area contributed by atoms with Crippen LogP contribution in [0.3, 0.4) is 0 Å². The van der Waals surface area contributed by atoms with Gasteiger partial charge in [0, 0.05) is 18.9 Å². The molecule has 4 rings (SSSR count). The standard InChI is InChI=1S/C22H20FN5O3/c23-16-4-1-3-15-14(16)8-9-22(15,24)21(31)27-12-13-6-7-18(26-11-13)28-20(30)19-17(29)5-2-10-25-19/h1-7,10-11,29H,8-9,12,24H2,(H,27,31)(H,26,28,30). The molecule has 31 heavy (non-hydrogen) atoms. The number of hydrogen-bond acceptors (Lipinski definition) is 6. The third-order valence-corrected chi connectivity index (χ3v) is 5.29. The van der Waals surface area contributed by atoms with E-state index >= 15 is 0 Å². The van der Waals surface area contributed by atoms with Crippen LogP contribution in [0.25, 0.3) is 0 Å². The van der Waals surface area contributed by atoms with E-state index in [2.05, 4.69) is 20.6 Å². The van der Waals surface area contributed by atoms with E-state index in [9.17, 15) is 19.1 Å². The van der Waals surface area contributed by atoms with E-state index in [4.69, 9.17) is 5.73 Å². The minimum Gasteiger partial charge on any atom is -0.505 e. The van der Waals surface area contributed by atoms with Crippen LogP contribution in [0.15, 0.2) is 54.9 Å². The topological polar surface area (TPSA) is 130 Å². The third kappa shape index (κ3) is 3.95. The molecule has 1 aliphatic rings. The number of benzene rings is 1. The average Bonchev–Trinajstić information content (AvgIpc) is 3.12. The van der Waals surface area contributed by atoms with Crippen molar-refractivity contribution in [1.82, 2.24) is 15.3 Å². The van der Waals surface area contributed by atoms with Crippen molar-refractivity contribution in [2.24, 2.45) is 5.73 Å². The lowest BCUT2D eigenvalue weighted by Crippen LogP contribution is -2.49. The van der Waals surface area contributed by atoms with Gasteiger partial charge in [-0.2, -0.15) is 0 Å². The Bertz CT molecular complexity index is 1150. The Kier molecular flexibility index (Phi) is 5.35. The first-order valence-corrected chi connectivity index (χ1v) is 9.64. The van der Waals surface area contributed by atoms with Gasteiger partial charge in [-0.1, -0.05) is 18.2 Å². The quantitative estimate of drug-likeness (QED) is 0.498. The van der Waals surface area contributed by atoms with Crippen molar-refractivity contribution < 1.29 is 19.1 Å². The van der Waals surface area contributed by atoms with Crippen LogP contribution >= 0.6 is 0 Å². The minimum atomic E-state index is -1.27. The summed E-state index contributed by atoms with van der Waals surface area (Å²) in [5.74, 6) is -1.30. The first-order chi connectivity index (χ1) is 14.9. The van der Waals surface area contributed by atoms with Crippen molar-refractivity contribution in [3.63, 3.8) is 0 Å². The van der Waals surface area contributed by atoms with Crippen molar-refractivity contribution in [1.29, 1.82) is 0 Å². The summed E-state index contributed by atoms with van der Waals surface area (Å²) in [5.41, 5.74) is 6.63. The van der Waals surface area contributed by atoms with Crippen LogP contribution in [0.4, 0.5) is 10.2 Å². The molecule has 2 aromatic heterocycles. The fraction of sp³-hybridized carbons (Fsp3) is 0.182. The van der Waals surface area contributed by atoms with Crippen LogP contribution < -0.4 is 16.4 Å². The molecule has 0 bridgehead atoms. The van der Waals surface area contributed by atoms with Gasteiger partial charge < -0.3 is 21.5 Å². The van der Waals surface area contributed by atoms with Gasteiger partial charge in [0.2, 0.25) is 5.91 Å². The summed E-state index contributed by atoms with van der Waals surface area (Å²) in [6, 6.07) is 10.7. The van der Waals surface area contributed by atoms with Gasteiger partial charge in [0.15, 0.2) is 5.69 Å². The first-order valence-electron chi connectivity index (χ1n) is 9.64. The second-order valence-corrected chi connectivity index (χ2v) is 7.30. The van der Waals surface area contributed by atoms with Crippen molar-refractivity contribution in [2.75, 3.05) is 5.32 Å². The Morgan fingerprint density at radius 3 is 2.74 bits per heavy atom. The molecule has 158 valence electrons. The monoisotopic (exact) mass is 421 g/mol. The molecule has 1 atom stereocenters. The van der Waals surface area contributed by atoms with E-state index in [1.165, 1.54) is 30.6 Å². The summed E-state index contributed by atoms with van der Waals surface area (Å²) in [6.07, 6.45) is 3.64. The SMILES string of the molecule is NC1(C(=O)NCc2ccc(NC(=O)c3ncccc3O)nc2)CCc2c(F)cccc21. The fourth-order valence-corrected chi connectivity index (χ4v) is 3.61. The largest absolute Gasteiger partial charge is 0.505 e. The lowest BCUT2D eigenvalue weighted by Gasteiger charge is -2.24. The van der Waals surface area contributed by atoms with Gasteiger partial charge in [-0.05, 0) is 53.8 Å². The van der Waals surface area contributed by atoms with Gasteiger partial charge >= 0.3 is 0 Å². The number of nitrogens with two attached hydrogens (primary N) is 1. The zero-order chi connectivity index (χ0) is 22.0. The smallest absolute Gasteiger partial charge is 0.279 e. The number of aromatic nitrogens is 2. The summed E-state index contributed by atoms with van der Waals surface area (Å²) in [7, 11) is 0. The number of rotatable bonds is 5. The molecule has 0 spiro atoms. The van der Waals surface area contributed by atoms with Crippen LogP contribution in [0, 0.1) is 5.82 Å². The van der Waals surface area contributed by atoms with Crippen molar-refractivity contribution in [3.8, 4) is 5.75 Å². The Labute approximate surface area is 177 Å². The normalized spacial score (nSPS) is 17.1. The molecule has 0 fully saturated rings. The highest BCUT2D eigenvalue weighted by Crippen LogP contribution is 2.36. The molecule has 2 heterocycles. The number of pyridine rings is 2. The number of carbonyl (C=O) groups is 2. The molecule has 1 aliphatic carbocycles. The molecule has 1 unspecified atom stereocenters. The maximum absolute atomic E-state index is 14.0. The van der Waals surface area contributed by atoms with Crippen LogP contribution in [-0.2, 0) is 23.3 Å². The number of fused-ring (bicyclic) bond motifs is 1. The number of anilines is 1. The number of halogens is 1. The predicted octanol–water partition coefficient (Wildman–Crippen LogP) is 1.99. The van der Waals surface area contributed by atoms with E-state index in [-0.39, 0.29) is 35.5 Å². The molecule has 8 nitrogen and oxygen atoms in total. The van der Waals surface area contributed by atoms with Gasteiger partial charge in [-0.25, -0.2) is 14.4 Å². The van der Waals surface area contributed by atoms with Gasteiger partial charge in [0.25, 0.3) is 5.91 Å². The second kappa shape index (κ2) is 8.11. The molecular formula is C22H20FN5O3. The van der Waals surface area contributed by atoms with Gasteiger partial charge in [0.05, 0.1) is 0 Å².